The molecule has 0 spiro atoms. The van der Waals surface area contributed by atoms with E-state index in [1.165, 1.54) is 0 Å². The Hall–Kier alpha value is -1.05. The summed E-state index contributed by atoms with van der Waals surface area (Å²) >= 11 is 5.51. The standard InChI is InChI=1S/C7H8ClF3N4/c8-3-1-4(6(12)14-2-3)5(15-13)7(9,10)11/h1-2,5,15H,13H2,(H2,12,14). The number of halogens is 4. The Morgan fingerprint density at radius 2 is 2.07 bits per heavy atom. The summed E-state index contributed by atoms with van der Waals surface area (Å²) in [5.74, 6) is 4.55. The predicted molar refractivity (Wildman–Crippen MR) is 49.8 cm³/mol. The lowest BCUT2D eigenvalue weighted by atomic mass is 10.1. The number of rotatable bonds is 2. The van der Waals surface area contributed by atoms with Gasteiger partial charge < -0.3 is 5.73 Å². The van der Waals surface area contributed by atoms with Gasteiger partial charge in [0.2, 0.25) is 0 Å². The molecule has 15 heavy (non-hydrogen) atoms. The number of hydrogen-bond donors (Lipinski definition) is 3. The molecule has 1 atom stereocenters. The molecule has 8 heteroatoms. The average Bonchev–Trinajstić information content (AvgIpc) is 2.10. The molecule has 1 aromatic heterocycles. The number of alkyl halides is 3. The number of anilines is 1. The zero-order chi connectivity index (χ0) is 11.6. The van der Waals surface area contributed by atoms with Crippen LogP contribution in [0.1, 0.15) is 11.6 Å². The highest BCUT2D eigenvalue weighted by Gasteiger charge is 2.41. The number of hydrazine groups is 1. The van der Waals surface area contributed by atoms with Gasteiger partial charge in [-0.2, -0.15) is 13.2 Å². The lowest BCUT2D eigenvalue weighted by molar-refractivity contribution is -0.157. The summed E-state index contributed by atoms with van der Waals surface area (Å²) in [6, 6.07) is -1.01. The van der Waals surface area contributed by atoms with Gasteiger partial charge in [-0.3, -0.25) is 5.84 Å². The SMILES string of the molecule is NNC(c1cc(Cl)cnc1N)C(F)(F)F. The van der Waals surface area contributed by atoms with Crippen LogP contribution in [0.2, 0.25) is 5.02 Å². The average molecular weight is 241 g/mol. The number of nitrogens with two attached hydrogens (primary N) is 2. The quantitative estimate of drug-likeness (QED) is 0.539. The van der Waals surface area contributed by atoms with Crippen molar-refractivity contribution in [3.8, 4) is 0 Å². The molecule has 1 aromatic rings. The largest absolute Gasteiger partial charge is 0.409 e. The molecule has 0 aliphatic rings. The zero-order valence-corrected chi connectivity index (χ0v) is 8.10. The molecule has 0 radical (unpaired) electrons. The summed E-state index contributed by atoms with van der Waals surface area (Å²) in [7, 11) is 0. The smallest absolute Gasteiger partial charge is 0.383 e. The van der Waals surface area contributed by atoms with Crippen molar-refractivity contribution >= 4 is 17.4 Å². The molecule has 0 aliphatic carbocycles. The van der Waals surface area contributed by atoms with E-state index in [1.807, 2.05) is 0 Å². The minimum Gasteiger partial charge on any atom is -0.383 e. The van der Waals surface area contributed by atoms with Gasteiger partial charge in [0.15, 0.2) is 0 Å². The third-order valence-corrected chi connectivity index (χ3v) is 1.93. The van der Waals surface area contributed by atoms with Gasteiger partial charge in [-0.15, -0.1) is 0 Å². The number of nitrogens with zero attached hydrogens (tertiary/aromatic N) is 1. The van der Waals surface area contributed by atoms with E-state index in [2.05, 4.69) is 4.98 Å². The number of aromatic nitrogens is 1. The Morgan fingerprint density at radius 3 is 2.53 bits per heavy atom. The van der Waals surface area contributed by atoms with Crippen LogP contribution < -0.4 is 17.0 Å². The van der Waals surface area contributed by atoms with Crippen molar-refractivity contribution in [2.75, 3.05) is 5.73 Å². The van der Waals surface area contributed by atoms with E-state index in [0.717, 1.165) is 12.3 Å². The van der Waals surface area contributed by atoms with E-state index >= 15 is 0 Å². The molecule has 1 heterocycles. The highest BCUT2D eigenvalue weighted by atomic mass is 35.5. The maximum absolute atomic E-state index is 12.4. The molecule has 0 fully saturated rings. The maximum atomic E-state index is 12.4. The number of nitrogens with one attached hydrogen (secondary N) is 1. The number of pyridine rings is 1. The highest BCUT2D eigenvalue weighted by Crippen LogP contribution is 2.34. The molecular formula is C7H8ClF3N4. The van der Waals surface area contributed by atoms with Crippen molar-refractivity contribution in [1.29, 1.82) is 0 Å². The third kappa shape index (κ3) is 2.71. The minimum atomic E-state index is -4.56. The zero-order valence-electron chi connectivity index (χ0n) is 7.35. The van der Waals surface area contributed by atoms with Gasteiger partial charge in [0.05, 0.1) is 5.02 Å². The van der Waals surface area contributed by atoms with Crippen LogP contribution in [0.3, 0.4) is 0 Å². The van der Waals surface area contributed by atoms with E-state index in [-0.39, 0.29) is 16.4 Å². The topological polar surface area (TPSA) is 77.0 Å². The molecule has 0 aromatic carbocycles. The summed E-state index contributed by atoms with van der Waals surface area (Å²) in [5, 5.41) is 0.0590. The van der Waals surface area contributed by atoms with Gasteiger partial charge in [0, 0.05) is 11.8 Å². The van der Waals surface area contributed by atoms with Crippen molar-refractivity contribution in [1.82, 2.24) is 10.4 Å². The van der Waals surface area contributed by atoms with E-state index in [0.29, 0.717) is 0 Å². The lowest BCUT2D eigenvalue weighted by Crippen LogP contribution is -2.39. The van der Waals surface area contributed by atoms with Crippen LogP contribution in [0.25, 0.3) is 0 Å². The molecular weight excluding hydrogens is 233 g/mol. The van der Waals surface area contributed by atoms with E-state index < -0.39 is 12.2 Å². The minimum absolute atomic E-state index is 0.0590. The molecule has 84 valence electrons. The normalized spacial score (nSPS) is 13.9. The number of hydrogen-bond acceptors (Lipinski definition) is 4. The van der Waals surface area contributed by atoms with Gasteiger partial charge in [0.25, 0.3) is 0 Å². The van der Waals surface area contributed by atoms with E-state index in [4.69, 9.17) is 23.2 Å². The number of nitrogen functional groups attached to an aromatic ring is 1. The van der Waals surface area contributed by atoms with Crippen molar-refractivity contribution in [3.05, 3.63) is 22.8 Å². The molecule has 1 unspecified atom stereocenters. The van der Waals surface area contributed by atoms with Crippen LogP contribution in [-0.2, 0) is 0 Å². The summed E-state index contributed by atoms with van der Waals surface area (Å²) in [4.78, 5) is 3.51. The first kappa shape index (κ1) is 12.0. The summed E-state index contributed by atoms with van der Waals surface area (Å²) in [6.07, 6.45) is -3.40. The molecule has 0 aliphatic heterocycles. The van der Waals surface area contributed by atoms with Crippen LogP contribution in [0.4, 0.5) is 19.0 Å². The summed E-state index contributed by atoms with van der Waals surface area (Å²) in [6.45, 7) is 0. The van der Waals surface area contributed by atoms with Crippen molar-refractivity contribution in [3.63, 3.8) is 0 Å². The Morgan fingerprint density at radius 1 is 1.47 bits per heavy atom. The molecule has 0 saturated carbocycles. The molecule has 1 rings (SSSR count). The van der Waals surface area contributed by atoms with Crippen LogP contribution in [-0.4, -0.2) is 11.2 Å². The van der Waals surface area contributed by atoms with E-state index in [1.54, 1.807) is 5.43 Å². The second-order valence-electron chi connectivity index (χ2n) is 2.77. The first-order valence-electron chi connectivity index (χ1n) is 3.80. The molecule has 0 amide bonds. The molecule has 0 saturated heterocycles. The fourth-order valence-electron chi connectivity index (χ4n) is 1.06. The second-order valence-corrected chi connectivity index (χ2v) is 3.21. The second kappa shape index (κ2) is 4.21. The first-order chi connectivity index (χ1) is 6.86. The fraction of sp³-hybridized carbons (Fsp3) is 0.286. The molecule has 0 bridgehead atoms. The summed E-state index contributed by atoms with van der Waals surface area (Å²) < 4.78 is 37.3. The predicted octanol–water partition coefficient (Wildman–Crippen LogP) is 1.38. The monoisotopic (exact) mass is 240 g/mol. The van der Waals surface area contributed by atoms with Crippen molar-refractivity contribution < 1.29 is 13.2 Å². The van der Waals surface area contributed by atoms with Gasteiger partial charge in [-0.25, -0.2) is 10.4 Å². The van der Waals surface area contributed by atoms with Crippen molar-refractivity contribution in [2.45, 2.75) is 12.2 Å². The van der Waals surface area contributed by atoms with Crippen LogP contribution in [0, 0.1) is 0 Å². The lowest BCUT2D eigenvalue weighted by Gasteiger charge is -2.20. The molecule has 5 N–H and O–H groups in total. The summed E-state index contributed by atoms with van der Waals surface area (Å²) in [5.41, 5.74) is 6.63. The Kier molecular flexibility index (Phi) is 3.38. The van der Waals surface area contributed by atoms with Gasteiger partial charge in [-0.1, -0.05) is 11.6 Å². The maximum Gasteiger partial charge on any atom is 0.409 e. The van der Waals surface area contributed by atoms with E-state index in [9.17, 15) is 13.2 Å². The Balaban J connectivity index is 3.18. The van der Waals surface area contributed by atoms with Crippen molar-refractivity contribution in [2.24, 2.45) is 5.84 Å². The van der Waals surface area contributed by atoms with Crippen LogP contribution in [0.15, 0.2) is 12.3 Å². The molecule has 4 nitrogen and oxygen atoms in total. The first-order valence-corrected chi connectivity index (χ1v) is 4.18. The van der Waals surface area contributed by atoms with Gasteiger partial charge in [0.1, 0.15) is 11.9 Å². The van der Waals surface area contributed by atoms with Gasteiger partial charge in [-0.05, 0) is 6.07 Å². The Labute approximate surface area is 88.4 Å². The van der Waals surface area contributed by atoms with Crippen LogP contribution >= 0.6 is 11.6 Å². The van der Waals surface area contributed by atoms with Crippen LogP contribution in [0.5, 0.6) is 0 Å². The third-order valence-electron chi connectivity index (χ3n) is 1.72. The fourth-order valence-corrected chi connectivity index (χ4v) is 1.22. The Bertz CT molecular complexity index is 355. The highest BCUT2D eigenvalue weighted by molar-refractivity contribution is 6.30. The van der Waals surface area contributed by atoms with Gasteiger partial charge >= 0.3 is 6.18 Å².